The molecule has 1 aliphatic heterocycles. The van der Waals surface area contributed by atoms with Gasteiger partial charge in [-0.05, 0) is 37.1 Å². The highest BCUT2D eigenvalue weighted by atomic mass is 16.5. The molecule has 0 spiro atoms. The Morgan fingerprint density at radius 1 is 1.15 bits per heavy atom. The molecule has 136 valence electrons. The minimum atomic E-state index is -0.123. The van der Waals surface area contributed by atoms with Crippen molar-refractivity contribution in [1.82, 2.24) is 14.9 Å². The number of nitrogens with one attached hydrogen (secondary N) is 1. The number of carbonyl (C=O) groups excluding carboxylic acids is 2. The number of amides is 2. The molecule has 7 heteroatoms. The van der Waals surface area contributed by atoms with Gasteiger partial charge in [0.15, 0.2) is 0 Å². The van der Waals surface area contributed by atoms with Crippen molar-refractivity contribution in [3.63, 3.8) is 0 Å². The Balaban J connectivity index is 1.77. The number of likely N-dealkylation sites (tertiary alicyclic amines) is 1. The van der Waals surface area contributed by atoms with Crippen molar-refractivity contribution in [2.24, 2.45) is 0 Å². The monoisotopic (exact) mass is 354 g/mol. The summed E-state index contributed by atoms with van der Waals surface area (Å²) in [5.74, 6) is 1.13. The van der Waals surface area contributed by atoms with E-state index in [1.165, 1.54) is 6.92 Å². The van der Waals surface area contributed by atoms with E-state index in [1.807, 2.05) is 4.90 Å². The molecule has 0 unspecified atom stereocenters. The van der Waals surface area contributed by atoms with E-state index in [1.54, 1.807) is 43.6 Å². The highest BCUT2D eigenvalue weighted by Crippen LogP contribution is 2.32. The van der Waals surface area contributed by atoms with Gasteiger partial charge in [0.25, 0.3) is 0 Å². The standard InChI is InChI=1S/C19H22N4O3/c1-13(24)22-16-5-7-17(8-6-16)26-19-18(20-9-10-21-19)15-4-3-11-23(12-15)14(2)25/h5-10,15H,3-4,11-12H2,1-2H3,(H,22,24)/t15-/m1/s1. The predicted molar refractivity (Wildman–Crippen MR) is 97.1 cm³/mol. The van der Waals surface area contributed by atoms with Crippen LogP contribution in [0.4, 0.5) is 5.69 Å². The summed E-state index contributed by atoms with van der Waals surface area (Å²) in [6.07, 6.45) is 5.12. The summed E-state index contributed by atoms with van der Waals surface area (Å²) in [6, 6.07) is 7.08. The van der Waals surface area contributed by atoms with Crippen molar-refractivity contribution in [1.29, 1.82) is 0 Å². The van der Waals surface area contributed by atoms with Crippen LogP contribution in [0, 0.1) is 0 Å². The van der Waals surface area contributed by atoms with Gasteiger partial charge in [0, 0.05) is 50.9 Å². The summed E-state index contributed by atoms with van der Waals surface area (Å²) < 4.78 is 5.93. The smallest absolute Gasteiger partial charge is 0.241 e. The van der Waals surface area contributed by atoms with E-state index in [0.717, 1.165) is 25.1 Å². The number of piperidine rings is 1. The molecule has 1 aliphatic rings. The lowest BCUT2D eigenvalue weighted by Gasteiger charge is -2.32. The lowest BCUT2D eigenvalue weighted by Crippen LogP contribution is -2.38. The Morgan fingerprint density at radius 2 is 1.88 bits per heavy atom. The predicted octanol–water partition coefficient (Wildman–Crippen LogP) is 2.95. The molecule has 26 heavy (non-hydrogen) atoms. The molecule has 1 fully saturated rings. The molecule has 2 aromatic rings. The Bertz CT molecular complexity index is 792. The molecule has 1 aromatic carbocycles. The van der Waals surface area contributed by atoms with Gasteiger partial charge in [0.05, 0.1) is 0 Å². The summed E-state index contributed by atoms with van der Waals surface area (Å²) in [5.41, 5.74) is 1.47. The van der Waals surface area contributed by atoms with Gasteiger partial charge in [-0.1, -0.05) is 0 Å². The first-order valence-corrected chi connectivity index (χ1v) is 8.65. The van der Waals surface area contributed by atoms with Crippen LogP contribution in [0.25, 0.3) is 0 Å². The number of aromatic nitrogens is 2. The van der Waals surface area contributed by atoms with Crippen LogP contribution in [-0.4, -0.2) is 39.8 Å². The minimum Gasteiger partial charge on any atom is -0.437 e. The average Bonchev–Trinajstić information content (AvgIpc) is 2.63. The van der Waals surface area contributed by atoms with E-state index in [9.17, 15) is 9.59 Å². The number of rotatable bonds is 4. The third-order valence-corrected chi connectivity index (χ3v) is 4.33. The molecule has 1 aromatic heterocycles. The number of ether oxygens (including phenoxy) is 1. The van der Waals surface area contributed by atoms with Gasteiger partial charge >= 0.3 is 0 Å². The molecule has 3 rings (SSSR count). The third-order valence-electron chi connectivity index (χ3n) is 4.33. The van der Waals surface area contributed by atoms with Gasteiger partial charge in [0.2, 0.25) is 17.7 Å². The van der Waals surface area contributed by atoms with Crippen LogP contribution in [0.5, 0.6) is 11.6 Å². The van der Waals surface area contributed by atoms with Crippen LogP contribution in [0.2, 0.25) is 0 Å². The molecular formula is C19H22N4O3. The summed E-state index contributed by atoms with van der Waals surface area (Å²) in [5, 5.41) is 2.71. The maximum atomic E-state index is 11.7. The SMILES string of the molecule is CC(=O)Nc1ccc(Oc2nccnc2[C@@H]2CCCN(C(C)=O)C2)cc1. The maximum Gasteiger partial charge on any atom is 0.241 e. The maximum absolute atomic E-state index is 11.7. The highest BCUT2D eigenvalue weighted by molar-refractivity contribution is 5.88. The third kappa shape index (κ3) is 4.36. The first kappa shape index (κ1) is 17.8. The fraction of sp³-hybridized carbons (Fsp3) is 0.368. The second kappa shape index (κ2) is 7.95. The Kier molecular flexibility index (Phi) is 5.46. The second-order valence-electron chi connectivity index (χ2n) is 6.36. The van der Waals surface area contributed by atoms with E-state index in [-0.39, 0.29) is 17.7 Å². The summed E-state index contributed by atoms with van der Waals surface area (Å²) in [6.45, 7) is 4.47. The van der Waals surface area contributed by atoms with Gasteiger partial charge in [-0.15, -0.1) is 0 Å². The zero-order valence-electron chi connectivity index (χ0n) is 14.9. The van der Waals surface area contributed by atoms with Crippen LogP contribution in [0.15, 0.2) is 36.7 Å². The van der Waals surface area contributed by atoms with Gasteiger partial charge in [0.1, 0.15) is 11.4 Å². The number of hydrogen-bond acceptors (Lipinski definition) is 5. The zero-order chi connectivity index (χ0) is 18.5. The molecule has 1 atom stereocenters. The normalized spacial score (nSPS) is 16.8. The Morgan fingerprint density at radius 3 is 2.58 bits per heavy atom. The highest BCUT2D eigenvalue weighted by Gasteiger charge is 2.27. The summed E-state index contributed by atoms with van der Waals surface area (Å²) >= 11 is 0. The number of hydrogen-bond donors (Lipinski definition) is 1. The molecule has 1 N–H and O–H groups in total. The molecule has 0 radical (unpaired) electrons. The van der Waals surface area contributed by atoms with Crippen molar-refractivity contribution in [3.8, 4) is 11.6 Å². The van der Waals surface area contributed by atoms with E-state index in [4.69, 9.17) is 4.74 Å². The number of anilines is 1. The largest absolute Gasteiger partial charge is 0.437 e. The Labute approximate surface area is 152 Å². The first-order chi connectivity index (χ1) is 12.5. The molecule has 1 saturated heterocycles. The lowest BCUT2D eigenvalue weighted by molar-refractivity contribution is -0.130. The van der Waals surface area contributed by atoms with Crippen molar-refractivity contribution in [3.05, 3.63) is 42.4 Å². The lowest BCUT2D eigenvalue weighted by atomic mass is 9.94. The van der Waals surface area contributed by atoms with Crippen molar-refractivity contribution >= 4 is 17.5 Å². The van der Waals surface area contributed by atoms with Crippen molar-refractivity contribution in [2.75, 3.05) is 18.4 Å². The van der Waals surface area contributed by atoms with Crippen LogP contribution < -0.4 is 10.1 Å². The number of nitrogens with zero attached hydrogens (tertiary/aromatic N) is 3. The van der Waals surface area contributed by atoms with Gasteiger partial charge in [-0.3, -0.25) is 14.6 Å². The minimum absolute atomic E-state index is 0.0784. The van der Waals surface area contributed by atoms with Crippen LogP contribution in [-0.2, 0) is 9.59 Å². The molecule has 0 saturated carbocycles. The van der Waals surface area contributed by atoms with E-state index in [2.05, 4.69) is 15.3 Å². The Hall–Kier alpha value is -2.96. The number of carbonyl (C=O) groups is 2. The second-order valence-corrected chi connectivity index (χ2v) is 6.36. The van der Waals surface area contributed by atoms with Gasteiger partial charge in [-0.25, -0.2) is 4.98 Å². The van der Waals surface area contributed by atoms with Crippen LogP contribution in [0.3, 0.4) is 0 Å². The van der Waals surface area contributed by atoms with Gasteiger partial charge < -0.3 is 15.0 Å². The van der Waals surface area contributed by atoms with Crippen molar-refractivity contribution < 1.29 is 14.3 Å². The fourth-order valence-electron chi connectivity index (χ4n) is 3.10. The fourth-order valence-corrected chi connectivity index (χ4v) is 3.10. The average molecular weight is 354 g/mol. The number of benzene rings is 1. The molecule has 2 amide bonds. The molecular weight excluding hydrogens is 332 g/mol. The molecule has 7 nitrogen and oxygen atoms in total. The van der Waals surface area contributed by atoms with Crippen LogP contribution >= 0.6 is 0 Å². The van der Waals surface area contributed by atoms with Crippen LogP contribution in [0.1, 0.15) is 38.3 Å². The van der Waals surface area contributed by atoms with E-state index in [0.29, 0.717) is 23.9 Å². The first-order valence-electron chi connectivity index (χ1n) is 8.65. The summed E-state index contributed by atoms with van der Waals surface area (Å²) in [7, 11) is 0. The molecule has 2 heterocycles. The summed E-state index contributed by atoms with van der Waals surface area (Å²) in [4.78, 5) is 33.4. The van der Waals surface area contributed by atoms with E-state index >= 15 is 0 Å². The topological polar surface area (TPSA) is 84.4 Å². The van der Waals surface area contributed by atoms with Crippen molar-refractivity contribution in [2.45, 2.75) is 32.6 Å². The quantitative estimate of drug-likeness (QED) is 0.912. The van der Waals surface area contributed by atoms with Gasteiger partial charge in [-0.2, -0.15) is 0 Å². The molecule has 0 bridgehead atoms. The van der Waals surface area contributed by atoms with E-state index < -0.39 is 0 Å². The molecule has 0 aliphatic carbocycles. The zero-order valence-corrected chi connectivity index (χ0v) is 14.9.